The zero-order valence-electron chi connectivity index (χ0n) is 25.0. The average Bonchev–Trinajstić information content (AvgIpc) is 3.84. The Labute approximate surface area is 287 Å². The van der Waals surface area contributed by atoms with Gasteiger partial charge in [-0.3, -0.25) is 10.1 Å². The standard InChI is InChI=1S/C13H10N4.2C12H9NS.Ir/c1-2-6-10(7-3-1)12-15-13(17-16-12)11-8-4-5-9-14-11;2*1-8-13-12-10-5-3-2-4-9(10)6-7-11(12)14-8;/h1-9H,(H,15,16,17);2*2-7H,1H3;/q;;;+3. The smallest absolute Gasteiger partial charge is 0.257 e. The van der Waals surface area contributed by atoms with Crippen molar-refractivity contribution in [3.05, 3.63) is 138 Å². The maximum Gasteiger partial charge on any atom is 3.00 e. The number of nitrogens with one attached hydrogen (secondary N) is 1. The van der Waals surface area contributed by atoms with E-state index in [0.29, 0.717) is 11.6 Å². The fourth-order valence-electron chi connectivity index (χ4n) is 5.14. The number of fused-ring (bicyclic) bond motifs is 6. The molecule has 6 nitrogen and oxygen atoms in total. The minimum Gasteiger partial charge on any atom is -0.257 e. The summed E-state index contributed by atoms with van der Waals surface area (Å²) in [6, 6.07) is 41.0. The van der Waals surface area contributed by atoms with Gasteiger partial charge in [0.2, 0.25) is 0 Å². The van der Waals surface area contributed by atoms with Crippen molar-refractivity contribution >= 4 is 64.7 Å². The molecule has 0 aliphatic heterocycles. The first-order valence-corrected chi connectivity index (χ1v) is 16.1. The SMILES string of the molecule is Cc1nc2c(ccc3ccccc32)s1.Cc1nc2c(ccc3ccccc32)s1.[Ir+3].c1ccc(-c2n[nH]c(-c3ccccn3)n2)cc1. The number of aromatic nitrogens is 6. The molecule has 0 bridgehead atoms. The second kappa shape index (κ2) is 14.2. The molecule has 0 atom stereocenters. The molecule has 0 saturated carbocycles. The Hall–Kier alpha value is -4.66. The van der Waals surface area contributed by atoms with Crippen molar-refractivity contribution in [1.29, 1.82) is 0 Å². The fraction of sp³-hybridized carbons (Fsp3) is 0.0541. The average molecular weight is 813 g/mol. The maximum absolute atomic E-state index is 4.56. The van der Waals surface area contributed by atoms with Gasteiger partial charge in [-0.05, 0) is 48.9 Å². The molecular weight excluding hydrogens is 785 g/mol. The molecule has 0 spiro atoms. The van der Waals surface area contributed by atoms with E-state index >= 15 is 0 Å². The number of benzene rings is 5. The van der Waals surface area contributed by atoms with Gasteiger partial charge in [-0.25, -0.2) is 15.0 Å². The topological polar surface area (TPSA) is 80.2 Å². The van der Waals surface area contributed by atoms with Crippen LogP contribution in [-0.4, -0.2) is 30.1 Å². The zero-order valence-corrected chi connectivity index (χ0v) is 29.0. The maximum atomic E-state index is 4.56. The molecule has 0 unspecified atom stereocenters. The van der Waals surface area contributed by atoms with Gasteiger partial charge in [0.25, 0.3) is 0 Å². The number of thiazole rings is 2. The van der Waals surface area contributed by atoms with Crippen molar-refractivity contribution in [3.8, 4) is 22.9 Å². The van der Waals surface area contributed by atoms with Crippen molar-refractivity contribution in [1.82, 2.24) is 30.1 Å². The van der Waals surface area contributed by atoms with Gasteiger partial charge in [0, 0.05) is 22.5 Å². The Kier molecular flexibility index (Phi) is 9.66. The normalized spacial score (nSPS) is 10.7. The van der Waals surface area contributed by atoms with E-state index in [-0.39, 0.29) is 20.1 Å². The third-order valence-corrected chi connectivity index (χ3v) is 9.08. The summed E-state index contributed by atoms with van der Waals surface area (Å²) in [5.41, 5.74) is 4.07. The number of H-pyrrole nitrogens is 1. The van der Waals surface area contributed by atoms with Crippen molar-refractivity contribution in [3.63, 3.8) is 0 Å². The molecule has 224 valence electrons. The van der Waals surface area contributed by atoms with Crippen LogP contribution in [0.25, 0.3) is 64.9 Å². The van der Waals surface area contributed by atoms with Gasteiger partial charge in [-0.2, -0.15) is 5.10 Å². The van der Waals surface area contributed by atoms with Gasteiger partial charge in [0.05, 0.1) is 30.4 Å². The molecule has 0 radical (unpaired) electrons. The molecule has 0 fully saturated rings. The number of hydrogen-bond donors (Lipinski definition) is 1. The summed E-state index contributed by atoms with van der Waals surface area (Å²) in [6.45, 7) is 4.11. The number of rotatable bonds is 2. The Morgan fingerprint density at radius 3 is 1.65 bits per heavy atom. The van der Waals surface area contributed by atoms with Gasteiger partial charge in [-0.1, -0.05) is 97.1 Å². The van der Waals surface area contributed by atoms with Crippen molar-refractivity contribution in [2.45, 2.75) is 13.8 Å². The van der Waals surface area contributed by atoms with Crippen LogP contribution in [0.2, 0.25) is 0 Å². The van der Waals surface area contributed by atoms with E-state index in [4.69, 9.17) is 0 Å². The van der Waals surface area contributed by atoms with Gasteiger partial charge < -0.3 is 0 Å². The molecule has 9 aromatic rings. The molecule has 0 saturated heterocycles. The van der Waals surface area contributed by atoms with E-state index < -0.39 is 0 Å². The molecule has 9 heteroatoms. The summed E-state index contributed by atoms with van der Waals surface area (Å²) < 4.78 is 2.56. The van der Waals surface area contributed by atoms with Crippen molar-refractivity contribution in [2.75, 3.05) is 0 Å². The second-order valence-electron chi connectivity index (χ2n) is 10.3. The van der Waals surface area contributed by atoms with E-state index in [0.717, 1.165) is 32.3 Å². The number of hydrogen-bond acceptors (Lipinski definition) is 7. The summed E-state index contributed by atoms with van der Waals surface area (Å²) in [7, 11) is 0. The van der Waals surface area contributed by atoms with Gasteiger partial charge in [0.1, 0.15) is 5.69 Å². The van der Waals surface area contributed by atoms with Gasteiger partial charge in [-0.15, -0.1) is 22.7 Å². The van der Waals surface area contributed by atoms with E-state index in [1.54, 1.807) is 28.9 Å². The first-order valence-electron chi connectivity index (χ1n) is 14.5. The predicted octanol–water partition coefficient (Wildman–Crippen LogP) is 10.0. The minimum atomic E-state index is 0. The van der Waals surface area contributed by atoms with Crippen LogP contribution in [0.3, 0.4) is 0 Å². The number of aryl methyl sites for hydroxylation is 2. The molecule has 9 rings (SSSR count). The second-order valence-corrected chi connectivity index (χ2v) is 12.8. The summed E-state index contributed by atoms with van der Waals surface area (Å²) in [4.78, 5) is 17.8. The minimum absolute atomic E-state index is 0. The molecule has 46 heavy (non-hydrogen) atoms. The molecule has 4 aromatic heterocycles. The summed E-state index contributed by atoms with van der Waals surface area (Å²) >= 11 is 3.51. The Balaban J connectivity index is 0.000000121. The van der Waals surface area contributed by atoms with Crippen LogP contribution in [0.4, 0.5) is 0 Å². The Morgan fingerprint density at radius 1 is 0.543 bits per heavy atom. The van der Waals surface area contributed by atoms with Gasteiger partial charge in [0.15, 0.2) is 11.6 Å². The fourth-order valence-corrected chi connectivity index (χ4v) is 6.83. The monoisotopic (exact) mass is 813 g/mol. The van der Waals surface area contributed by atoms with E-state index in [9.17, 15) is 0 Å². The van der Waals surface area contributed by atoms with E-state index in [2.05, 4.69) is 117 Å². The first-order chi connectivity index (χ1) is 22.1. The molecule has 1 N–H and O–H groups in total. The summed E-state index contributed by atoms with van der Waals surface area (Å²) in [5.74, 6) is 1.37. The number of aromatic amines is 1. The molecular formula is C37H28IrN6S2+3. The van der Waals surface area contributed by atoms with Crippen LogP contribution in [-0.2, 0) is 20.1 Å². The number of nitrogens with zero attached hydrogens (tertiary/aromatic N) is 5. The third-order valence-electron chi connectivity index (χ3n) is 7.21. The van der Waals surface area contributed by atoms with Crippen molar-refractivity contribution in [2.24, 2.45) is 0 Å². The van der Waals surface area contributed by atoms with Crippen LogP contribution in [0.15, 0.2) is 128 Å². The molecule has 0 aliphatic carbocycles. The Bertz CT molecular complexity index is 2200. The predicted molar refractivity (Wildman–Crippen MR) is 189 cm³/mol. The Morgan fingerprint density at radius 2 is 1.09 bits per heavy atom. The van der Waals surface area contributed by atoms with Crippen LogP contribution >= 0.6 is 22.7 Å². The quantitative estimate of drug-likeness (QED) is 0.188. The third kappa shape index (κ3) is 6.78. The molecule has 0 amide bonds. The first kappa shape index (κ1) is 31.3. The summed E-state index contributed by atoms with van der Waals surface area (Å²) in [6.07, 6.45) is 1.74. The molecule has 0 aliphatic rings. The number of pyridine rings is 1. The zero-order chi connectivity index (χ0) is 30.6. The van der Waals surface area contributed by atoms with Crippen molar-refractivity contribution < 1.29 is 20.1 Å². The van der Waals surface area contributed by atoms with Crippen LogP contribution in [0.1, 0.15) is 10.0 Å². The summed E-state index contributed by atoms with van der Waals surface area (Å²) in [5, 5.41) is 14.4. The van der Waals surface area contributed by atoms with Crippen LogP contribution < -0.4 is 0 Å². The van der Waals surface area contributed by atoms with Gasteiger partial charge >= 0.3 is 20.1 Å². The van der Waals surface area contributed by atoms with E-state index in [1.165, 1.54) is 30.9 Å². The van der Waals surface area contributed by atoms with E-state index in [1.807, 2.05) is 48.5 Å². The van der Waals surface area contributed by atoms with Crippen LogP contribution in [0.5, 0.6) is 0 Å². The van der Waals surface area contributed by atoms with Crippen LogP contribution in [0, 0.1) is 13.8 Å². The molecule has 4 heterocycles. The largest absolute Gasteiger partial charge is 3.00 e. The molecule has 5 aromatic carbocycles.